The maximum Gasteiger partial charge on any atom is 0.315 e. The lowest BCUT2D eigenvalue weighted by Gasteiger charge is -2.37. The highest BCUT2D eigenvalue weighted by Gasteiger charge is 2.46. The number of fused-ring (bicyclic) bond motifs is 1. The Hall–Kier alpha value is -3.16. The van der Waals surface area contributed by atoms with Crippen LogP contribution in [0.1, 0.15) is 47.9 Å². The summed E-state index contributed by atoms with van der Waals surface area (Å²) in [6.07, 6.45) is 5.15. The van der Waals surface area contributed by atoms with Crippen LogP contribution < -0.4 is 10.2 Å². The van der Waals surface area contributed by atoms with Crippen LogP contribution in [0.25, 0.3) is 0 Å². The number of halogens is 1. The van der Waals surface area contributed by atoms with Crippen molar-refractivity contribution in [2.45, 2.75) is 44.1 Å². The molecule has 2 atom stereocenters. The van der Waals surface area contributed by atoms with Crippen LogP contribution in [0.5, 0.6) is 0 Å². The average Bonchev–Trinajstić information content (AvgIpc) is 3.14. The molecule has 180 valence electrons. The van der Waals surface area contributed by atoms with Crippen molar-refractivity contribution in [3.8, 4) is 0 Å². The number of rotatable bonds is 4. The number of carboxylic acid groups (broad SMARTS) is 1. The van der Waals surface area contributed by atoms with Gasteiger partial charge in [-0.15, -0.1) is 0 Å². The lowest BCUT2D eigenvalue weighted by atomic mass is 9.77. The molecule has 35 heavy (non-hydrogen) atoms. The highest BCUT2D eigenvalue weighted by atomic mass is 35.5. The molecule has 2 aromatic carbocycles. The van der Waals surface area contributed by atoms with Crippen molar-refractivity contribution < 1.29 is 9.90 Å². The maximum atomic E-state index is 12.2. The lowest BCUT2D eigenvalue weighted by Crippen LogP contribution is -2.36. The Morgan fingerprint density at radius 1 is 1.26 bits per heavy atom. The zero-order chi connectivity index (χ0) is 24.3. The first-order chi connectivity index (χ1) is 16.8. The quantitative estimate of drug-likeness (QED) is 0.519. The number of aryl methyl sites for hydroxylation is 1. The summed E-state index contributed by atoms with van der Waals surface area (Å²) in [4.78, 5) is 25.6. The van der Waals surface area contributed by atoms with E-state index in [-0.39, 0.29) is 6.54 Å². The van der Waals surface area contributed by atoms with Crippen LogP contribution in [-0.2, 0) is 23.2 Å². The molecule has 0 saturated carbocycles. The Morgan fingerprint density at radius 3 is 2.89 bits per heavy atom. The zero-order valence-corrected chi connectivity index (χ0v) is 20.6. The highest BCUT2D eigenvalue weighted by Crippen LogP contribution is 2.46. The second kappa shape index (κ2) is 8.21. The Balaban J connectivity index is 1.36. The second-order valence-corrected chi connectivity index (χ2v) is 10.6. The maximum absolute atomic E-state index is 12.2. The van der Waals surface area contributed by atoms with Crippen LogP contribution in [-0.4, -0.2) is 46.1 Å². The molecule has 3 aliphatic rings. The topological polar surface area (TPSA) is 81.6 Å². The summed E-state index contributed by atoms with van der Waals surface area (Å²) in [5.74, 6) is 0.691. The van der Waals surface area contributed by atoms with Crippen molar-refractivity contribution >= 4 is 40.7 Å². The first-order valence-electron chi connectivity index (χ1n) is 12.1. The van der Waals surface area contributed by atoms with E-state index in [1.54, 1.807) is 18.7 Å². The molecule has 0 bridgehead atoms. The van der Waals surface area contributed by atoms with Crippen molar-refractivity contribution in [3.63, 3.8) is 0 Å². The molecule has 0 amide bonds. The SMILES string of the molecule is CN1Cc2cc(Nc3ncc(Cl)c(N4CC(C)(C(=O)O)c5ccccc54)n3)cc3c2C(CCC3)C1. The van der Waals surface area contributed by atoms with Gasteiger partial charge >= 0.3 is 5.97 Å². The molecule has 1 aliphatic carbocycles. The standard InChI is InChI=1S/C27H28ClN5O2/c1-27(25(34)35)15-33(22-9-4-3-8-20(22)27)24-21(28)12-29-26(31-24)30-19-10-16-6-5-7-17-13-32(2)14-18(11-19)23(16)17/h3-4,8-12,17H,5-7,13-15H2,1-2H3,(H,34,35)(H,29,30,31). The third kappa shape index (κ3) is 3.65. The fraction of sp³-hybridized carbons (Fsp3) is 0.370. The third-order valence-corrected chi connectivity index (χ3v) is 7.97. The summed E-state index contributed by atoms with van der Waals surface area (Å²) < 4.78 is 0. The minimum Gasteiger partial charge on any atom is -0.481 e. The number of benzene rings is 2. The van der Waals surface area contributed by atoms with Crippen molar-refractivity contribution in [1.29, 1.82) is 0 Å². The van der Waals surface area contributed by atoms with Gasteiger partial charge in [0.2, 0.25) is 5.95 Å². The van der Waals surface area contributed by atoms with Crippen LogP contribution in [0.15, 0.2) is 42.6 Å². The van der Waals surface area contributed by atoms with Crippen LogP contribution in [0.4, 0.5) is 23.1 Å². The molecule has 6 rings (SSSR count). The normalized spacial score (nSPS) is 23.1. The summed E-state index contributed by atoms with van der Waals surface area (Å²) in [6.45, 7) is 4.06. The first kappa shape index (κ1) is 22.3. The molecule has 2 aliphatic heterocycles. The largest absolute Gasteiger partial charge is 0.481 e. The van der Waals surface area contributed by atoms with Gasteiger partial charge in [-0.25, -0.2) is 4.98 Å². The molecular weight excluding hydrogens is 462 g/mol. The van der Waals surface area contributed by atoms with Gasteiger partial charge in [-0.1, -0.05) is 29.8 Å². The number of carboxylic acids is 1. The fourth-order valence-electron chi connectivity index (χ4n) is 6.08. The molecule has 2 N–H and O–H groups in total. The van der Waals surface area contributed by atoms with Crippen molar-refractivity contribution in [1.82, 2.24) is 14.9 Å². The van der Waals surface area contributed by atoms with E-state index in [1.807, 2.05) is 29.2 Å². The highest BCUT2D eigenvalue weighted by molar-refractivity contribution is 6.33. The number of para-hydroxylation sites is 1. The van der Waals surface area contributed by atoms with Gasteiger partial charge in [-0.2, -0.15) is 4.98 Å². The Morgan fingerprint density at radius 2 is 2.06 bits per heavy atom. The van der Waals surface area contributed by atoms with E-state index in [1.165, 1.54) is 24.0 Å². The van der Waals surface area contributed by atoms with Crippen LogP contribution in [0.3, 0.4) is 0 Å². The predicted molar refractivity (Wildman–Crippen MR) is 137 cm³/mol. The number of likely N-dealkylation sites (N-methyl/N-ethyl adjacent to an activating group) is 1. The number of hydrogen-bond acceptors (Lipinski definition) is 6. The Bertz CT molecular complexity index is 1350. The summed E-state index contributed by atoms with van der Waals surface area (Å²) in [7, 11) is 2.19. The van der Waals surface area contributed by atoms with Gasteiger partial charge in [0.1, 0.15) is 10.4 Å². The number of nitrogens with zero attached hydrogens (tertiary/aromatic N) is 4. The molecule has 3 aromatic rings. The van der Waals surface area contributed by atoms with Gasteiger partial charge in [-0.3, -0.25) is 4.79 Å². The summed E-state index contributed by atoms with van der Waals surface area (Å²) in [5, 5.41) is 13.8. The molecule has 2 unspecified atom stereocenters. The number of nitrogens with one attached hydrogen (secondary N) is 1. The van der Waals surface area contributed by atoms with E-state index in [4.69, 9.17) is 16.6 Å². The van der Waals surface area contributed by atoms with Crippen molar-refractivity contribution in [3.05, 3.63) is 69.9 Å². The van der Waals surface area contributed by atoms with Gasteiger partial charge in [0.25, 0.3) is 0 Å². The fourth-order valence-corrected chi connectivity index (χ4v) is 6.27. The summed E-state index contributed by atoms with van der Waals surface area (Å²) in [6, 6.07) is 12.0. The molecule has 3 heterocycles. The van der Waals surface area contributed by atoms with Crippen LogP contribution in [0.2, 0.25) is 5.02 Å². The number of aromatic nitrogens is 2. The number of anilines is 4. The zero-order valence-electron chi connectivity index (χ0n) is 19.9. The lowest BCUT2D eigenvalue weighted by molar-refractivity contribution is -0.142. The molecule has 7 nitrogen and oxygen atoms in total. The van der Waals surface area contributed by atoms with E-state index in [2.05, 4.69) is 34.4 Å². The van der Waals surface area contributed by atoms with E-state index in [9.17, 15) is 9.90 Å². The van der Waals surface area contributed by atoms with Crippen molar-refractivity contribution in [2.24, 2.45) is 0 Å². The van der Waals surface area contributed by atoms with Crippen LogP contribution >= 0.6 is 11.6 Å². The molecule has 1 aromatic heterocycles. The Labute approximate surface area is 209 Å². The average molecular weight is 490 g/mol. The van der Waals surface area contributed by atoms with Gasteiger partial charge < -0.3 is 20.2 Å². The van der Waals surface area contributed by atoms with E-state index in [0.29, 0.717) is 22.7 Å². The van der Waals surface area contributed by atoms with Crippen LogP contribution in [0, 0.1) is 0 Å². The number of aliphatic carboxylic acids is 1. The van der Waals surface area contributed by atoms with E-state index < -0.39 is 11.4 Å². The smallest absolute Gasteiger partial charge is 0.315 e. The van der Waals surface area contributed by atoms with Gasteiger partial charge in [0.15, 0.2) is 5.82 Å². The minimum absolute atomic E-state index is 0.245. The molecule has 0 saturated heterocycles. The molecule has 0 spiro atoms. The van der Waals surface area contributed by atoms with E-state index in [0.717, 1.165) is 36.4 Å². The van der Waals surface area contributed by atoms with E-state index >= 15 is 0 Å². The number of carbonyl (C=O) groups is 1. The summed E-state index contributed by atoms with van der Waals surface area (Å²) >= 11 is 6.55. The third-order valence-electron chi connectivity index (χ3n) is 7.70. The monoisotopic (exact) mass is 489 g/mol. The predicted octanol–water partition coefficient (Wildman–Crippen LogP) is 5.23. The number of hydrogen-bond donors (Lipinski definition) is 2. The molecule has 8 heteroatoms. The van der Waals surface area contributed by atoms with Gasteiger partial charge in [0, 0.05) is 31.0 Å². The molecular formula is C27H28ClN5O2. The van der Waals surface area contributed by atoms with Crippen molar-refractivity contribution in [2.75, 3.05) is 30.4 Å². The van der Waals surface area contributed by atoms with Gasteiger partial charge in [-0.05, 0) is 79.6 Å². The Kier molecular flexibility index (Phi) is 5.23. The molecule has 0 radical (unpaired) electrons. The second-order valence-electron chi connectivity index (χ2n) is 10.2. The minimum atomic E-state index is -1.05. The first-order valence-corrected chi connectivity index (χ1v) is 12.5. The van der Waals surface area contributed by atoms with Gasteiger partial charge in [0.05, 0.1) is 6.20 Å². The summed E-state index contributed by atoms with van der Waals surface area (Å²) in [5.41, 5.74) is 5.82. The molecule has 0 fully saturated rings.